The lowest BCUT2D eigenvalue weighted by Gasteiger charge is -2.23. The Morgan fingerprint density at radius 2 is 1.95 bits per heavy atom. The van der Waals surface area contributed by atoms with Crippen molar-refractivity contribution in [1.29, 1.82) is 0 Å². The zero-order valence-electron chi connectivity index (χ0n) is 12.5. The molecule has 1 aliphatic rings. The first-order valence-corrected chi connectivity index (χ1v) is 7.36. The molecule has 1 heterocycles. The van der Waals surface area contributed by atoms with Gasteiger partial charge in [0, 0.05) is 20.0 Å². The topological polar surface area (TPSA) is 86.7 Å². The minimum Gasteiger partial charge on any atom is -0.478 e. The molecule has 0 aliphatic carbocycles. The molecule has 6 nitrogen and oxygen atoms in total. The van der Waals surface area contributed by atoms with E-state index >= 15 is 0 Å². The van der Waals surface area contributed by atoms with E-state index in [4.69, 9.17) is 5.11 Å². The molecule has 1 aromatic rings. The minimum absolute atomic E-state index is 0.0339. The van der Waals surface area contributed by atoms with Crippen molar-refractivity contribution in [3.63, 3.8) is 0 Å². The van der Waals surface area contributed by atoms with Crippen LogP contribution in [-0.2, 0) is 16.0 Å². The first-order valence-electron chi connectivity index (χ1n) is 7.36. The number of aromatic carboxylic acids is 1. The lowest BCUT2D eigenvalue weighted by atomic mass is 10.1. The molecule has 0 unspecified atom stereocenters. The van der Waals surface area contributed by atoms with Crippen LogP contribution >= 0.6 is 0 Å². The molecule has 0 aromatic heterocycles. The average molecular weight is 304 g/mol. The van der Waals surface area contributed by atoms with Crippen molar-refractivity contribution < 1.29 is 19.5 Å². The molecular formula is C16H20N2O4. The van der Waals surface area contributed by atoms with Crippen LogP contribution in [0.4, 0.5) is 0 Å². The summed E-state index contributed by atoms with van der Waals surface area (Å²) in [5.74, 6) is -1.11. The highest BCUT2D eigenvalue weighted by molar-refractivity contribution is 5.88. The SMILES string of the molecule is CNC(=O)[C@H]1CCCN1C(=O)CCc1ccc(C(=O)O)cc1. The van der Waals surface area contributed by atoms with Crippen molar-refractivity contribution in [3.05, 3.63) is 35.4 Å². The van der Waals surface area contributed by atoms with Crippen LogP contribution in [0, 0.1) is 0 Å². The molecule has 1 aromatic carbocycles. The number of nitrogens with zero attached hydrogens (tertiary/aromatic N) is 1. The third kappa shape index (κ3) is 3.63. The Hall–Kier alpha value is -2.37. The second-order valence-electron chi connectivity index (χ2n) is 5.36. The highest BCUT2D eigenvalue weighted by Gasteiger charge is 2.32. The number of rotatable bonds is 5. The van der Waals surface area contributed by atoms with Crippen LogP contribution in [0.5, 0.6) is 0 Å². The van der Waals surface area contributed by atoms with Gasteiger partial charge in [0.15, 0.2) is 0 Å². The van der Waals surface area contributed by atoms with Gasteiger partial charge in [-0.15, -0.1) is 0 Å². The molecule has 0 radical (unpaired) electrons. The van der Waals surface area contributed by atoms with Crippen molar-refractivity contribution in [2.45, 2.75) is 31.7 Å². The number of hydrogen-bond donors (Lipinski definition) is 2. The molecule has 22 heavy (non-hydrogen) atoms. The van der Waals surface area contributed by atoms with Crippen molar-refractivity contribution in [1.82, 2.24) is 10.2 Å². The van der Waals surface area contributed by atoms with E-state index < -0.39 is 5.97 Å². The van der Waals surface area contributed by atoms with Gasteiger partial charge in [-0.3, -0.25) is 9.59 Å². The van der Waals surface area contributed by atoms with Crippen LogP contribution in [0.15, 0.2) is 24.3 Å². The number of carboxylic acids is 1. The van der Waals surface area contributed by atoms with Gasteiger partial charge in [-0.05, 0) is 37.0 Å². The third-order valence-corrected chi connectivity index (χ3v) is 3.95. The van der Waals surface area contributed by atoms with E-state index in [0.717, 1.165) is 12.0 Å². The van der Waals surface area contributed by atoms with Crippen molar-refractivity contribution in [3.8, 4) is 0 Å². The molecule has 1 fully saturated rings. The monoisotopic (exact) mass is 304 g/mol. The van der Waals surface area contributed by atoms with E-state index in [1.54, 1.807) is 24.1 Å². The Balaban J connectivity index is 1.92. The molecule has 118 valence electrons. The number of carbonyl (C=O) groups excluding carboxylic acids is 2. The fraction of sp³-hybridized carbons (Fsp3) is 0.438. The lowest BCUT2D eigenvalue weighted by molar-refractivity contribution is -0.138. The number of hydrogen-bond acceptors (Lipinski definition) is 3. The fourth-order valence-electron chi connectivity index (χ4n) is 2.71. The van der Waals surface area contributed by atoms with Crippen LogP contribution in [0.3, 0.4) is 0 Å². The van der Waals surface area contributed by atoms with E-state index in [9.17, 15) is 14.4 Å². The van der Waals surface area contributed by atoms with Crippen LogP contribution in [-0.4, -0.2) is 47.4 Å². The number of amides is 2. The number of carboxylic acid groups (broad SMARTS) is 1. The summed E-state index contributed by atoms with van der Waals surface area (Å²) >= 11 is 0. The van der Waals surface area contributed by atoms with Gasteiger partial charge in [0.2, 0.25) is 11.8 Å². The predicted molar refractivity (Wildman–Crippen MR) is 80.5 cm³/mol. The number of carbonyl (C=O) groups is 3. The summed E-state index contributed by atoms with van der Waals surface area (Å²) in [4.78, 5) is 36.4. The van der Waals surface area contributed by atoms with Crippen LogP contribution in [0.1, 0.15) is 35.2 Å². The molecule has 0 bridgehead atoms. The first-order chi connectivity index (χ1) is 10.5. The fourth-order valence-corrected chi connectivity index (χ4v) is 2.71. The summed E-state index contributed by atoms with van der Waals surface area (Å²) in [6, 6.07) is 6.15. The van der Waals surface area contributed by atoms with E-state index in [1.807, 2.05) is 0 Å². The Bertz CT molecular complexity index is 568. The van der Waals surface area contributed by atoms with Gasteiger partial charge in [-0.1, -0.05) is 12.1 Å². The van der Waals surface area contributed by atoms with Crippen LogP contribution < -0.4 is 5.32 Å². The maximum atomic E-state index is 12.3. The number of aryl methyl sites for hydroxylation is 1. The summed E-state index contributed by atoms with van der Waals surface area (Å²) in [7, 11) is 1.58. The summed E-state index contributed by atoms with van der Waals surface area (Å²) in [5.41, 5.74) is 1.14. The largest absolute Gasteiger partial charge is 0.478 e. The highest BCUT2D eigenvalue weighted by Crippen LogP contribution is 2.19. The normalized spacial score (nSPS) is 17.3. The van der Waals surface area contributed by atoms with Gasteiger partial charge >= 0.3 is 5.97 Å². The molecule has 2 rings (SSSR count). The third-order valence-electron chi connectivity index (χ3n) is 3.95. The standard InChI is InChI=1S/C16H20N2O4/c1-17-15(20)13-3-2-10-18(13)14(19)9-6-11-4-7-12(8-5-11)16(21)22/h4-5,7-8,13H,2-3,6,9-10H2,1H3,(H,17,20)(H,21,22)/t13-/m1/s1. The number of benzene rings is 1. The highest BCUT2D eigenvalue weighted by atomic mass is 16.4. The predicted octanol–water partition coefficient (Wildman–Crippen LogP) is 1.05. The summed E-state index contributed by atoms with van der Waals surface area (Å²) in [5, 5.41) is 11.4. The maximum absolute atomic E-state index is 12.3. The number of likely N-dealkylation sites (tertiary alicyclic amines) is 1. The molecule has 0 spiro atoms. The van der Waals surface area contributed by atoms with E-state index in [-0.39, 0.29) is 23.4 Å². The van der Waals surface area contributed by atoms with Gasteiger partial charge in [-0.25, -0.2) is 4.79 Å². The molecule has 2 N–H and O–H groups in total. The summed E-state index contributed by atoms with van der Waals surface area (Å²) in [6.45, 7) is 0.620. The molecule has 1 saturated heterocycles. The zero-order chi connectivity index (χ0) is 16.1. The first kappa shape index (κ1) is 16.0. The Kier molecular flexibility index (Phi) is 5.14. The molecular weight excluding hydrogens is 284 g/mol. The lowest BCUT2D eigenvalue weighted by Crippen LogP contribution is -2.44. The summed E-state index contributed by atoms with van der Waals surface area (Å²) < 4.78 is 0. The van der Waals surface area contributed by atoms with E-state index in [1.165, 1.54) is 12.1 Å². The molecule has 0 saturated carbocycles. The van der Waals surface area contributed by atoms with Crippen LogP contribution in [0.25, 0.3) is 0 Å². The Morgan fingerprint density at radius 3 is 2.55 bits per heavy atom. The molecule has 1 aliphatic heterocycles. The Labute approximate surface area is 129 Å². The molecule has 1 atom stereocenters. The van der Waals surface area contributed by atoms with Crippen molar-refractivity contribution >= 4 is 17.8 Å². The van der Waals surface area contributed by atoms with Crippen molar-refractivity contribution in [2.75, 3.05) is 13.6 Å². The van der Waals surface area contributed by atoms with Gasteiger partial charge in [0.05, 0.1) is 5.56 Å². The smallest absolute Gasteiger partial charge is 0.335 e. The maximum Gasteiger partial charge on any atom is 0.335 e. The average Bonchev–Trinajstić information content (AvgIpc) is 3.01. The Morgan fingerprint density at radius 1 is 1.27 bits per heavy atom. The molecule has 6 heteroatoms. The quantitative estimate of drug-likeness (QED) is 0.851. The minimum atomic E-state index is -0.965. The second kappa shape index (κ2) is 7.06. The van der Waals surface area contributed by atoms with E-state index in [0.29, 0.717) is 25.8 Å². The second-order valence-corrected chi connectivity index (χ2v) is 5.36. The van der Waals surface area contributed by atoms with Crippen LogP contribution in [0.2, 0.25) is 0 Å². The molecule has 2 amide bonds. The van der Waals surface area contributed by atoms with Gasteiger partial charge in [-0.2, -0.15) is 0 Å². The zero-order valence-corrected chi connectivity index (χ0v) is 12.5. The van der Waals surface area contributed by atoms with Gasteiger partial charge in [0.25, 0.3) is 0 Å². The van der Waals surface area contributed by atoms with Crippen molar-refractivity contribution in [2.24, 2.45) is 0 Å². The van der Waals surface area contributed by atoms with Gasteiger partial charge in [0.1, 0.15) is 6.04 Å². The number of likely N-dealkylation sites (N-methyl/N-ethyl adjacent to an activating group) is 1. The van der Waals surface area contributed by atoms with Gasteiger partial charge < -0.3 is 15.3 Å². The van der Waals surface area contributed by atoms with E-state index in [2.05, 4.69) is 5.32 Å². The summed E-state index contributed by atoms with van der Waals surface area (Å²) in [6.07, 6.45) is 2.41. The number of nitrogens with one attached hydrogen (secondary N) is 1.